The maximum absolute atomic E-state index is 6.01. The average molecular weight is 300 g/mol. The van der Waals surface area contributed by atoms with E-state index in [1.807, 2.05) is 12.1 Å². The molecule has 0 radical (unpaired) electrons. The van der Waals surface area contributed by atoms with Crippen molar-refractivity contribution < 1.29 is 0 Å². The maximum atomic E-state index is 6.01. The predicted molar refractivity (Wildman–Crippen MR) is 84.5 cm³/mol. The van der Waals surface area contributed by atoms with Crippen LogP contribution in [0.3, 0.4) is 0 Å². The molecule has 1 aromatic carbocycles. The molecule has 3 rings (SSSR count). The van der Waals surface area contributed by atoms with Gasteiger partial charge in [-0.1, -0.05) is 43.0 Å². The van der Waals surface area contributed by atoms with Crippen molar-refractivity contribution in [1.82, 2.24) is 5.32 Å². The molecule has 2 aliphatic rings. The number of piperidine rings is 1. The minimum absolute atomic E-state index is 0. The molecular weight excluding hydrogens is 277 g/mol. The summed E-state index contributed by atoms with van der Waals surface area (Å²) < 4.78 is 0. The summed E-state index contributed by atoms with van der Waals surface area (Å²) in [7, 11) is 0. The number of nitrogens with one attached hydrogen (secondary N) is 1. The monoisotopic (exact) mass is 299 g/mol. The van der Waals surface area contributed by atoms with Gasteiger partial charge in [-0.05, 0) is 49.9 Å². The Hall–Kier alpha value is -0.240. The first-order chi connectivity index (χ1) is 8.80. The molecule has 1 heterocycles. The largest absolute Gasteiger partial charge is 0.311 e. The minimum atomic E-state index is 0. The Morgan fingerprint density at radius 2 is 1.68 bits per heavy atom. The molecule has 1 saturated heterocycles. The molecule has 1 unspecified atom stereocenters. The number of benzene rings is 1. The van der Waals surface area contributed by atoms with Crippen molar-refractivity contribution in [2.24, 2.45) is 0 Å². The topological polar surface area (TPSA) is 12.0 Å². The first kappa shape index (κ1) is 15.2. The Balaban J connectivity index is 0.00000133. The maximum Gasteiger partial charge on any atom is 0.0406 e. The summed E-state index contributed by atoms with van der Waals surface area (Å²) in [5, 5.41) is 4.71. The molecular formula is C16H23Cl2N. The molecule has 1 nitrogen and oxygen atoms in total. The highest BCUT2D eigenvalue weighted by molar-refractivity contribution is 6.30. The van der Waals surface area contributed by atoms with Gasteiger partial charge >= 0.3 is 0 Å². The summed E-state index contributed by atoms with van der Waals surface area (Å²) in [5.74, 6) is 0.684. The summed E-state index contributed by atoms with van der Waals surface area (Å²) in [5.41, 5.74) is 1.86. The van der Waals surface area contributed by atoms with E-state index in [1.54, 1.807) is 0 Å². The third-order valence-electron chi connectivity index (χ3n) is 4.83. The van der Waals surface area contributed by atoms with E-state index in [1.165, 1.54) is 57.1 Å². The summed E-state index contributed by atoms with van der Waals surface area (Å²) in [4.78, 5) is 0. The van der Waals surface area contributed by atoms with E-state index in [2.05, 4.69) is 17.4 Å². The Morgan fingerprint density at radius 3 is 2.37 bits per heavy atom. The second-order valence-electron chi connectivity index (χ2n) is 5.89. The van der Waals surface area contributed by atoms with Gasteiger partial charge in [0.25, 0.3) is 0 Å². The van der Waals surface area contributed by atoms with E-state index < -0.39 is 0 Å². The van der Waals surface area contributed by atoms with Gasteiger partial charge < -0.3 is 5.32 Å². The van der Waals surface area contributed by atoms with Gasteiger partial charge in [-0.3, -0.25) is 0 Å². The molecule has 19 heavy (non-hydrogen) atoms. The summed E-state index contributed by atoms with van der Waals surface area (Å²) in [6.45, 7) is 1.20. The number of hydrogen-bond donors (Lipinski definition) is 1. The van der Waals surface area contributed by atoms with Crippen LogP contribution >= 0.6 is 24.0 Å². The van der Waals surface area contributed by atoms with E-state index in [9.17, 15) is 0 Å². The smallest absolute Gasteiger partial charge is 0.0406 e. The van der Waals surface area contributed by atoms with Crippen molar-refractivity contribution >= 4 is 24.0 Å². The van der Waals surface area contributed by atoms with Crippen molar-refractivity contribution in [3.05, 3.63) is 34.9 Å². The fraction of sp³-hybridized carbons (Fsp3) is 0.625. The van der Waals surface area contributed by atoms with Crippen LogP contribution in [0.5, 0.6) is 0 Å². The van der Waals surface area contributed by atoms with Crippen molar-refractivity contribution in [3.8, 4) is 0 Å². The zero-order chi connectivity index (χ0) is 12.4. The van der Waals surface area contributed by atoms with Crippen LogP contribution in [0.4, 0.5) is 0 Å². The zero-order valence-corrected chi connectivity index (χ0v) is 12.9. The predicted octanol–water partition coefficient (Wildman–Crippen LogP) is 4.93. The summed E-state index contributed by atoms with van der Waals surface area (Å²) in [6, 6.07) is 8.55. The molecule has 1 spiro atoms. The molecule has 0 amide bonds. The molecule has 1 N–H and O–H groups in total. The highest BCUT2D eigenvalue weighted by atomic mass is 35.5. The quantitative estimate of drug-likeness (QED) is 0.775. The molecule has 2 fully saturated rings. The second kappa shape index (κ2) is 6.47. The average Bonchev–Trinajstić information content (AvgIpc) is 2.42. The van der Waals surface area contributed by atoms with E-state index in [0.717, 1.165) is 5.02 Å². The van der Waals surface area contributed by atoms with Crippen molar-refractivity contribution in [3.63, 3.8) is 0 Å². The van der Waals surface area contributed by atoms with Crippen LogP contribution in [-0.2, 0) is 0 Å². The highest BCUT2D eigenvalue weighted by Crippen LogP contribution is 2.44. The Bertz CT molecular complexity index is 387. The van der Waals surface area contributed by atoms with Crippen LogP contribution in [0, 0.1) is 0 Å². The molecule has 3 heteroatoms. The third kappa shape index (κ3) is 3.09. The van der Waals surface area contributed by atoms with Gasteiger partial charge in [0.15, 0.2) is 0 Å². The third-order valence-corrected chi connectivity index (χ3v) is 5.08. The second-order valence-corrected chi connectivity index (χ2v) is 6.33. The number of halogens is 2. The van der Waals surface area contributed by atoms with E-state index in [4.69, 9.17) is 11.6 Å². The molecule has 1 aliphatic carbocycles. The molecule has 1 atom stereocenters. The lowest BCUT2D eigenvalue weighted by atomic mass is 9.67. The van der Waals surface area contributed by atoms with Crippen molar-refractivity contribution in [2.45, 2.75) is 56.4 Å². The van der Waals surface area contributed by atoms with Crippen molar-refractivity contribution in [1.29, 1.82) is 0 Å². The Kier molecular flexibility index (Phi) is 5.16. The zero-order valence-electron chi connectivity index (χ0n) is 11.3. The Morgan fingerprint density at radius 1 is 1.00 bits per heavy atom. The number of rotatable bonds is 1. The van der Waals surface area contributed by atoms with E-state index >= 15 is 0 Å². The SMILES string of the molecule is Cl.Clc1ccc(C2CCCNC23CCCCC3)cc1. The minimum Gasteiger partial charge on any atom is -0.311 e. The normalized spacial score (nSPS) is 25.8. The van der Waals surface area contributed by atoms with Gasteiger partial charge in [-0.2, -0.15) is 0 Å². The molecule has 1 saturated carbocycles. The van der Waals surface area contributed by atoms with Crippen LogP contribution in [0.2, 0.25) is 5.02 Å². The fourth-order valence-corrected chi connectivity index (χ4v) is 4.06. The standard InChI is InChI=1S/C16H22ClN.ClH/c17-14-8-6-13(7-9-14)15-5-4-12-18-16(15)10-2-1-3-11-16;/h6-9,15,18H,1-5,10-12H2;1H. The van der Waals surface area contributed by atoms with E-state index in [0.29, 0.717) is 11.5 Å². The lowest BCUT2D eigenvalue weighted by Gasteiger charge is -2.48. The molecule has 0 aromatic heterocycles. The first-order valence-corrected chi connectivity index (χ1v) is 7.68. The lowest BCUT2D eigenvalue weighted by molar-refractivity contribution is 0.153. The van der Waals surface area contributed by atoms with Crippen molar-refractivity contribution in [2.75, 3.05) is 6.54 Å². The molecule has 0 bridgehead atoms. The Labute approximate surface area is 127 Å². The highest BCUT2D eigenvalue weighted by Gasteiger charge is 2.41. The molecule has 1 aliphatic heterocycles. The van der Waals surface area contributed by atoms with Crippen LogP contribution in [0.25, 0.3) is 0 Å². The van der Waals surface area contributed by atoms with Gasteiger partial charge in [0.2, 0.25) is 0 Å². The molecule has 1 aromatic rings. The van der Waals surface area contributed by atoms with Gasteiger partial charge in [0.05, 0.1) is 0 Å². The first-order valence-electron chi connectivity index (χ1n) is 7.31. The summed E-state index contributed by atoms with van der Waals surface area (Å²) >= 11 is 6.01. The summed E-state index contributed by atoms with van der Waals surface area (Å²) in [6.07, 6.45) is 9.51. The molecule has 106 valence electrons. The van der Waals surface area contributed by atoms with Gasteiger partial charge in [0, 0.05) is 16.5 Å². The van der Waals surface area contributed by atoms with Crippen LogP contribution in [-0.4, -0.2) is 12.1 Å². The van der Waals surface area contributed by atoms with E-state index in [-0.39, 0.29) is 12.4 Å². The van der Waals surface area contributed by atoms with Crippen LogP contribution in [0.15, 0.2) is 24.3 Å². The lowest BCUT2D eigenvalue weighted by Crippen LogP contribution is -2.54. The van der Waals surface area contributed by atoms with Gasteiger partial charge in [-0.25, -0.2) is 0 Å². The van der Waals surface area contributed by atoms with Gasteiger partial charge in [-0.15, -0.1) is 12.4 Å². The van der Waals surface area contributed by atoms with Crippen LogP contribution < -0.4 is 5.32 Å². The van der Waals surface area contributed by atoms with Gasteiger partial charge in [0.1, 0.15) is 0 Å². The number of hydrogen-bond acceptors (Lipinski definition) is 1. The fourth-order valence-electron chi connectivity index (χ4n) is 3.93. The van der Waals surface area contributed by atoms with Crippen LogP contribution in [0.1, 0.15) is 56.4 Å².